The highest BCUT2D eigenvalue weighted by Crippen LogP contribution is 2.50. The first-order valence-corrected chi connectivity index (χ1v) is 10.4. The smallest absolute Gasteiger partial charge is 0.352 e. The van der Waals surface area contributed by atoms with Gasteiger partial charge >= 0.3 is 5.97 Å². The number of aromatic amines is 1. The molecule has 1 aromatic heterocycles. The molecule has 160 valence electrons. The highest BCUT2D eigenvalue weighted by Gasteiger charge is 2.67. The molecule has 2 amide bonds. The van der Waals surface area contributed by atoms with E-state index in [-0.39, 0.29) is 22.9 Å². The Hall–Kier alpha value is -3.29. The Morgan fingerprint density at radius 1 is 1.42 bits per heavy atom. The van der Waals surface area contributed by atoms with Gasteiger partial charge in [-0.3, -0.25) is 14.5 Å². The number of hydrogen-bond donors (Lipinski definition) is 5. The van der Waals surface area contributed by atoms with Crippen LogP contribution in [0.4, 0.5) is 0 Å². The maximum Gasteiger partial charge on any atom is 0.352 e. The summed E-state index contributed by atoms with van der Waals surface area (Å²) in [5.74, 6) is -2.41. The van der Waals surface area contributed by atoms with Crippen LogP contribution in [0.1, 0.15) is 17.3 Å². The minimum atomic E-state index is -1.66. The first-order valence-electron chi connectivity index (χ1n) is 8.91. The highest BCUT2D eigenvalue weighted by atomic mass is 32.2. The number of amides is 2. The van der Waals surface area contributed by atoms with E-state index in [4.69, 9.17) is 18.0 Å². The van der Waals surface area contributed by atoms with Crippen LogP contribution >= 0.6 is 24.0 Å². The second-order valence-electron chi connectivity index (χ2n) is 6.86. The molecule has 0 saturated carbocycles. The number of carbonyl (C=O) groups is 3. The van der Waals surface area contributed by atoms with Gasteiger partial charge in [0.1, 0.15) is 28.6 Å². The normalized spacial score (nSPS) is 23.6. The maximum atomic E-state index is 13.3. The standard InChI is InChI=1S/C18H16N6O5S2/c19-12(8-1-3-10(25)4-2-8)14(26)21-18(11-5-20-23-22-11)16(29)24-13(15(27)28)9(6-30)7-31-17(18)24/h1-6,12,17,25H,7,19H2,(H,21,26)(H,27,28)(H,20,22,23)/t12?,17-,18?/m0/s1. The van der Waals surface area contributed by atoms with Crippen LogP contribution in [-0.2, 0) is 19.9 Å². The number of aromatic nitrogens is 3. The van der Waals surface area contributed by atoms with Crippen LogP contribution in [-0.4, -0.2) is 64.8 Å². The molecule has 0 radical (unpaired) electrons. The molecule has 4 rings (SSSR count). The van der Waals surface area contributed by atoms with Gasteiger partial charge in [0.05, 0.1) is 6.20 Å². The number of thioether (sulfide) groups is 1. The van der Waals surface area contributed by atoms with Crippen molar-refractivity contribution >= 4 is 47.1 Å². The number of carboxylic acid groups (broad SMARTS) is 1. The van der Waals surface area contributed by atoms with Crippen LogP contribution in [0.5, 0.6) is 5.75 Å². The predicted molar refractivity (Wildman–Crippen MR) is 113 cm³/mol. The lowest BCUT2D eigenvalue weighted by atomic mass is 9.82. The van der Waals surface area contributed by atoms with Crippen LogP contribution in [0.3, 0.4) is 0 Å². The number of nitrogens with zero attached hydrogens (tertiary/aromatic N) is 3. The van der Waals surface area contributed by atoms with E-state index in [2.05, 4.69) is 20.7 Å². The largest absolute Gasteiger partial charge is 0.508 e. The number of aromatic hydroxyl groups is 1. The Kier molecular flexibility index (Phi) is 5.24. The monoisotopic (exact) mass is 460 g/mol. The number of benzene rings is 1. The topological polar surface area (TPSA) is 175 Å². The van der Waals surface area contributed by atoms with Crippen molar-refractivity contribution in [2.24, 2.45) is 5.73 Å². The van der Waals surface area contributed by atoms with E-state index in [0.717, 1.165) is 4.90 Å². The molecule has 13 heteroatoms. The summed E-state index contributed by atoms with van der Waals surface area (Å²) in [7, 11) is 0. The van der Waals surface area contributed by atoms with E-state index in [0.29, 0.717) is 11.1 Å². The fourth-order valence-electron chi connectivity index (χ4n) is 3.58. The average Bonchev–Trinajstić information content (AvgIpc) is 3.30. The zero-order valence-electron chi connectivity index (χ0n) is 15.7. The van der Waals surface area contributed by atoms with Crippen molar-refractivity contribution in [1.82, 2.24) is 25.6 Å². The molecule has 1 fully saturated rings. The number of aliphatic carboxylic acids is 1. The number of H-pyrrole nitrogens is 1. The zero-order valence-corrected chi connectivity index (χ0v) is 17.3. The minimum Gasteiger partial charge on any atom is -0.508 e. The molecule has 0 spiro atoms. The van der Waals surface area contributed by atoms with Gasteiger partial charge in [-0.15, -0.1) is 11.8 Å². The van der Waals surface area contributed by atoms with Crippen LogP contribution in [0, 0.1) is 0 Å². The second-order valence-corrected chi connectivity index (χ2v) is 8.16. The Morgan fingerprint density at radius 2 is 2.13 bits per heavy atom. The summed E-state index contributed by atoms with van der Waals surface area (Å²) in [6.07, 6.45) is 1.29. The number of carbonyl (C=O) groups excluding carboxylic acids is 2. The quantitative estimate of drug-likeness (QED) is 0.286. The van der Waals surface area contributed by atoms with Crippen LogP contribution in [0.15, 0.2) is 41.7 Å². The summed E-state index contributed by atoms with van der Waals surface area (Å²) in [5.41, 5.74) is 5.07. The lowest BCUT2D eigenvalue weighted by Gasteiger charge is -2.56. The molecule has 0 aliphatic carbocycles. The van der Waals surface area contributed by atoms with Gasteiger partial charge < -0.3 is 21.3 Å². The van der Waals surface area contributed by atoms with E-state index in [1.165, 1.54) is 47.6 Å². The van der Waals surface area contributed by atoms with Crippen molar-refractivity contribution in [1.29, 1.82) is 0 Å². The Morgan fingerprint density at radius 3 is 2.71 bits per heavy atom. The first kappa shape index (κ1) is 21.0. The number of hydrogen-bond acceptors (Lipinski definition) is 9. The third-order valence-corrected chi connectivity index (χ3v) is 6.76. The number of nitrogens with two attached hydrogens (primary N) is 1. The van der Waals surface area contributed by atoms with Crippen molar-refractivity contribution in [3.8, 4) is 5.75 Å². The highest BCUT2D eigenvalue weighted by molar-refractivity contribution is 8.00. The number of phenols is 1. The molecule has 0 bridgehead atoms. The van der Waals surface area contributed by atoms with E-state index < -0.39 is 34.7 Å². The third kappa shape index (κ3) is 3.17. The fraction of sp³-hybridized carbons (Fsp3) is 0.222. The minimum absolute atomic E-state index is 0.0150. The number of phenolic OH excluding ortho intramolecular Hbond substituents is 1. The van der Waals surface area contributed by atoms with Crippen molar-refractivity contribution in [3.63, 3.8) is 0 Å². The van der Waals surface area contributed by atoms with E-state index in [1.807, 2.05) is 0 Å². The van der Waals surface area contributed by atoms with Crippen molar-refractivity contribution in [2.75, 3.05) is 5.75 Å². The fourth-order valence-corrected chi connectivity index (χ4v) is 5.32. The van der Waals surface area contributed by atoms with Crippen molar-refractivity contribution in [2.45, 2.75) is 17.0 Å². The number of nitrogens with one attached hydrogen (secondary N) is 2. The second kappa shape index (κ2) is 7.76. The van der Waals surface area contributed by atoms with Gasteiger partial charge in [-0.05, 0) is 17.7 Å². The van der Waals surface area contributed by atoms with Gasteiger partial charge in [-0.1, -0.05) is 24.4 Å². The molecule has 6 N–H and O–H groups in total. The molecule has 1 aromatic carbocycles. The molecule has 3 heterocycles. The van der Waals surface area contributed by atoms with Gasteiger partial charge in [0.2, 0.25) is 5.91 Å². The summed E-state index contributed by atoms with van der Waals surface area (Å²) < 4.78 is 0. The van der Waals surface area contributed by atoms with Crippen LogP contribution in [0.25, 0.3) is 0 Å². The Balaban J connectivity index is 1.71. The number of carboxylic acids is 1. The maximum absolute atomic E-state index is 13.3. The number of fused-ring (bicyclic) bond motifs is 1. The number of rotatable bonds is 6. The molecule has 2 aromatic rings. The summed E-state index contributed by atoms with van der Waals surface area (Å²) in [6, 6.07) is 4.61. The molecule has 1 saturated heterocycles. The molecule has 2 aliphatic rings. The van der Waals surface area contributed by atoms with Gasteiger partial charge in [0, 0.05) is 16.7 Å². The van der Waals surface area contributed by atoms with Crippen LogP contribution in [0.2, 0.25) is 0 Å². The Bertz CT molecular complexity index is 1100. The lowest BCUT2D eigenvalue weighted by molar-refractivity contribution is -0.160. The number of thiocarbonyl (C=S) groups is 1. The van der Waals surface area contributed by atoms with E-state index >= 15 is 0 Å². The summed E-state index contributed by atoms with van der Waals surface area (Å²) >= 11 is 6.14. The van der Waals surface area contributed by atoms with Crippen molar-refractivity contribution < 1.29 is 24.6 Å². The predicted octanol–water partition coefficient (Wildman–Crippen LogP) is -0.225. The molecule has 2 aliphatic heterocycles. The van der Waals surface area contributed by atoms with Gasteiger partial charge in [0.25, 0.3) is 5.91 Å². The molecule has 3 atom stereocenters. The summed E-state index contributed by atoms with van der Waals surface area (Å²) in [5, 5.41) is 32.3. The SMILES string of the molecule is NC(C(=O)NC1(c2cn[nH]n2)C(=O)N2C(C(=O)O)=C(C=S)CS[C@H]21)c1ccc(O)cc1. The first-order chi connectivity index (χ1) is 14.8. The van der Waals surface area contributed by atoms with E-state index in [9.17, 15) is 24.6 Å². The van der Waals surface area contributed by atoms with Gasteiger partial charge in [-0.25, -0.2) is 4.79 Å². The lowest BCUT2D eigenvalue weighted by Crippen LogP contribution is -2.78. The van der Waals surface area contributed by atoms with Gasteiger partial charge in [-0.2, -0.15) is 15.4 Å². The summed E-state index contributed by atoms with van der Waals surface area (Å²) in [4.78, 5) is 39.2. The average molecular weight is 460 g/mol. The van der Waals surface area contributed by atoms with E-state index in [1.54, 1.807) is 0 Å². The molecule has 11 nitrogen and oxygen atoms in total. The van der Waals surface area contributed by atoms with Gasteiger partial charge in [0.15, 0.2) is 5.54 Å². The molecule has 31 heavy (non-hydrogen) atoms. The van der Waals surface area contributed by atoms with Crippen molar-refractivity contribution in [3.05, 3.63) is 53.0 Å². The molecular weight excluding hydrogens is 444 g/mol. The number of β-lactam (4-membered cyclic amide) rings is 1. The molecular formula is C18H16N6O5S2. The Labute approximate surface area is 184 Å². The van der Waals surface area contributed by atoms with Crippen LogP contribution < -0.4 is 11.1 Å². The third-order valence-electron chi connectivity index (χ3n) is 5.12. The molecule has 2 unspecified atom stereocenters. The summed E-state index contributed by atoms with van der Waals surface area (Å²) in [6.45, 7) is 0. The zero-order chi connectivity index (χ0) is 22.3.